The maximum absolute atomic E-state index is 5.67. The molecule has 0 heterocycles. The topological polar surface area (TPSA) is 26.0 Å². The monoisotopic (exact) mass is 872 g/mol. The maximum Gasteiger partial charge on any atom is -0.00268 e. The summed E-state index contributed by atoms with van der Waals surface area (Å²) in [5.74, 6) is 0. The van der Waals surface area contributed by atoms with Gasteiger partial charge < -0.3 is 5.73 Å². The van der Waals surface area contributed by atoms with E-state index in [1.54, 1.807) is 6.20 Å². The Hall–Kier alpha value is -7.74. The number of nitrogens with two attached hydrogens (primary N) is 1. The highest BCUT2D eigenvalue weighted by Crippen LogP contribution is 2.37. The van der Waals surface area contributed by atoms with Gasteiger partial charge in [0.2, 0.25) is 0 Å². The molecule has 6 aromatic rings. The zero-order valence-electron chi connectivity index (χ0n) is 39.8. The van der Waals surface area contributed by atoms with Gasteiger partial charge in [0.15, 0.2) is 0 Å². The predicted molar refractivity (Wildman–Crippen MR) is 298 cm³/mol. The average molecular weight is 872 g/mol. The summed E-state index contributed by atoms with van der Waals surface area (Å²) < 4.78 is 0. The third-order valence-electron chi connectivity index (χ3n) is 11.9. The summed E-state index contributed by atoms with van der Waals surface area (Å²) >= 11 is 0. The Balaban J connectivity index is 1.30. The number of hydrogen-bond acceptors (Lipinski definition) is 1. The van der Waals surface area contributed by atoms with Crippen molar-refractivity contribution in [3.63, 3.8) is 0 Å². The minimum atomic E-state index is 0.944. The van der Waals surface area contributed by atoms with Crippen LogP contribution in [0.2, 0.25) is 0 Å². The average Bonchev–Trinajstić information content (AvgIpc) is 3.37. The van der Waals surface area contributed by atoms with Crippen LogP contribution in [0.1, 0.15) is 86.8 Å². The molecule has 67 heavy (non-hydrogen) atoms. The fraction of sp³-hybridized carbons (Fsp3) is 0.121. The fourth-order valence-electron chi connectivity index (χ4n) is 8.28. The van der Waals surface area contributed by atoms with E-state index < -0.39 is 0 Å². The van der Waals surface area contributed by atoms with Crippen LogP contribution in [0.5, 0.6) is 0 Å². The van der Waals surface area contributed by atoms with Gasteiger partial charge in [0.05, 0.1) is 0 Å². The Morgan fingerprint density at radius 2 is 0.985 bits per heavy atom. The van der Waals surface area contributed by atoms with Crippen LogP contribution < -0.4 is 5.73 Å². The van der Waals surface area contributed by atoms with Crippen molar-refractivity contribution < 1.29 is 0 Å². The molecule has 0 saturated heterocycles. The zero-order chi connectivity index (χ0) is 47.1. The SMILES string of the molecule is C=Cc1ccccc1\C=C/C=C/C(CC)=C(\C=C/c1ccc(-c2ccccccc3ccccc3c2-c2ccc(\C=C(CC)/C(=C\C=C\C=C/c3ccccc3/C=C/N)CC)cc2)cc1)CC. The lowest BCUT2D eigenvalue weighted by atomic mass is 9.90. The van der Waals surface area contributed by atoms with Crippen molar-refractivity contribution in [3.8, 4) is 22.3 Å². The second-order valence-corrected chi connectivity index (χ2v) is 16.2. The smallest absolute Gasteiger partial charge is 0.00268 e. The third-order valence-corrected chi connectivity index (χ3v) is 11.9. The molecule has 0 aliphatic rings. The largest absolute Gasteiger partial charge is 0.405 e. The van der Waals surface area contributed by atoms with Gasteiger partial charge >= 0.3 is 0 Å². The number of benzene rings is 5. The summed E-state index contributed by atoms with van der Waals surface area (Å²) in [6.45, 7) is 12.9. The summed E-state index contributed by atoms with van der Waals surface area (Å²) in [6.07, 6.45) is 35.4. The van der Waals surface area contributed by atoms with E-state index in [0.717, 1.165) is 42.4 Å². The van der Waals surface area contributed by atoms with Crippen LogP contribution in [-0.2, 0) is 0 Å². The molecule has 2 N–H and O–H groups in total. The van der Waals surface area contributed by atoms with E-state index in [1.807, 2.05) is 30.4 Å². The molecule has 6 rings (SSSR count). The zero-order valence-corrected chi connectivity index (χ0v) is 39.8. The third kappa shape index (κ3) is 13.9. The van der Waals surface area contributed by atoms with Gasteiger partial charge in [-0.2, -0.15) is 0 Å². The normalized spacial score (nSPS) is 12.9. The van der Waals surface area contributed by atoms with Crippen molar-refractivity contribution in [1.82, 2.24) is 0 Å². The summed E-state index contributed by atoms with van der Waals surface area (Å²) in [5, 5.41) is 2.38. The molecular formula is C66H65N. The standard InChI is InChI=1S/C66H65N/c1-6-53(27-18-20-30-58-31-21-19-28-55(58)8-3)56(9-4)43-38-51-39-44-62(45-40-51)65-36-17-12-11-14-34-61-35-24-25-37-64(61)66(65)63-46-41-52(42-47-63)50-57(10-5)54(7-2)26-15-13-16-29-59-32-22-23-33-60(59)48-49-67/h8,11-50H,3,6-7,9-10,67H2,1-2,4-5H3/b12-11?,14-11?,15-13+,17-12?,27-18+,29-16-,30-20-,34-14?,36-17?,43-38-,49-48+,54-26-,56-53-,57-50-,61-34?,65-36?,66-64?,66-65?. The van der Waals surface area contributed by atoms with Crippen LogP contribution in [0, 0.1) is 0 Å². The number of hydrogen-bond donors (Lipinski definition) is 1. The molecule has 6 aromatic carbocycles. The van der Waals surface area contributed by atoms with E-state index in [1.165, 1.54) is 72.0 Å². The van der Waals surface area contributed by atoms with Crippen molar-refractivity contribution >= 4 is 47.2 Å². The lowest BCUT2D eigenvalue weighted by Crippen LogP contribution is -1.89. The minimum Gasteiger partial charge on any atom is -0.405 e. The highest BCUT2D eigenvalue weighted by Gasteiger charge is 2.11. The molecule has 0 aliphatic carbocycles. The summed E-state index contributed by atoms with van der Waals surface area (Å²) in [6, 6.07) is 56.3. The van der Waals surface area contributed by atoms with Gasteiger partial charge in [0.1, 0.15) is 0 Å². The Bertz CT molecular complexity index is 2930. The highest BCUT2D eigenvalue weighted by molar-refractivity contribution is 6.02. The summed E-state index contributed by atoms with van der Waals surface area (Å²) in [7, 11) is 0. The molecule has 0 unspecified atom stereocenters. The van der Waals surface area contributed by atoms with E-state index in [2.05, 4.69) is 247 Å². The second kappa shape index (κ2) is 26.3. The van der Waals surface area contributed by atoms with Gasteiger partial charge in [0, 0.05) is 0 Å². The molecule has 334 valence electrons. The van der Waals surface area contributed by atoms with E-state index in [-0.39, 0.29) is 0 Å². The minimum absolute atomic E-state index is 0.944. The summed E-state index contributed by atoms with van der Waals surface area (Å²) in [4.78, 5) is 0. The van der Waals surface area contributed by atoms with Crippen molar-refractivity contribution in [2.24, 2.45) is 5.73 Å². The predicted octanol–water partition coefficient (Wildman–Crippen LogP) is 18.7. The van der Waals surface area contributed by atoms with Crippen molar-refractivity contribution in [2.75, 3.05) is 0 Å². The maximum atomic E-state index is 5.67. The van der Waals surface area contributed by atoms with Gasteiger partial charge in [0.25, 0.3) is 0 Å². The summed E-state index contributed by atoms with van der Waals surface area (Å²) in [5.41, 5.74) is 22.6. The first-order valence-electron chi connectivity index (χ1n) is 23.7. The van der Waals surface area contributed by atoms with Crippen LogP contribution in [0.4, 0.5) is 0 Å². The fourth-order valence-corrected chi connectivity index (χ4v) is 8.28. The van der Waals surface area contributed by atoms with E-state index in [0.29, 0.717) is 0 Å². The quantitative estimate of drug-likeness (QED) is 0.0856. The molecule has 1 nitrogen and oxygen atoms in total. The Labute approximate surface area is 401 Å². The first kappa shape index (κ1) is 48.7. The molecule has 0 radical (unpaired) electrons. The second-order valence-electron chi connectivity index (χ2n) is 16.2. The molecule has 0 atom stereocenters. The van der Waals surface area contributed by atoms with Gasteiger partial charge in [-0.25, -0.2) is 0 Å². The van der Waals surface area contributed by atoms with Crippen LogP contribution >= 0.6 is 0 Å². The highest BCUT2D eigenvalue weighted by atomic mass is 14.5. The lowest BCUT2D eigenvalue weighted by Gasteiger charge is -2.13. The Morgan fingerprint density at radius 3 is 1.63 bits per heavy atom. The molecule has 0 saturated carbocycles. The molecule has 1 heteroatoms. The van der Waals surface area contributed by atoms with E-state index in [9.17, 15) is 0 Å². The molecule has 0 bridgehead atoms. The number of allylic oxidation sites excluding steroid dienone is 12. The Kier molecular flexibility index (Phi) is 19.1. The van der Waals surface area contributed by atoms with Crippen LogP contribution in [-0.4, -0.2) is 0 Å². The van der Waals surface area contributed by atoms with Crippen LogP contribution in [0.15, 0.2) is 241 Å². The number of fused-ring (bicyclic) bond motifs is 1. The van der Waals surface area contributed by atoms with Crippen molar-refractivity contribution in [2.45, 2.75) is 53.4 Å². The molecule has 0 fully saturated rings. The first-order chi connectivity index (χ1) is 33.0. The van der Waals surface area contributed by atoms with E-state index in [4.69, 9.17) is 5.73 Å². The molecule has 0 spiro atoms. The first-order valence-corrected chi connectivity index (χ1v) is 23.7. The molecule has 0 amide bonds. The van der Waals surface area contributed by atoms with E-state index >= 15 is 0 Å². The van der Waals surface area contributed by atoms with Gasteiger partial charge in [-0.05, 0) is 127 Å². The van der Waals surface area contributed by atoms with Crippen molar-refractivity contribution in [1.29, 1.82) is 0 Å². The van der Waals surface area contributed by atoms with Gasteiger partial charge in [-0.3, -0.25) is 0 Å². The molecule has 0 aliphatic heterocycles. The van der Waals surface area contributed by atoms with Gasteiger partial charge in [-0.1, -0.05) is 271 Å². The van der Waals surface area contributed by atoms with Crippen LogP contribution in [0.25, 0.3) is 69.5 Å². The number of rotatable bonds is 18. The lowest BCUT2D eigenvalue weighted by molar-refractivity contribution is 1.03. The van der Waals surface area contributed by atoms with Crippen LogP contribution in [0.3, 0.4) is 0 Å². The Morgan fingerprint density at radius 1 is 0.448 bits per heavy atom. The molecule has 0 aromatic heterocycles. The molecular weight excluding hydrogens is 807 g/mol. The van der Waals surface area contributed by atoms with Crippen molar-refractivity contribution in [3.05, 3.63) is 275 Å². The van der Waals surface area contributed by atoms with Gasteiger partial charge in [-0.15, -0.1) is 0 Å².